The zero-order valence-corrected chi connectivity index (χ0v) is 21.7. The molecule has 7 heteroatoms. The van der Waals surface area contributed by atoms with E-state index in [0.717, 1.165) is 9.87 Å². The zero-order chi connectivity index (χ0) is 27.6. The number of aryl methyl sites for hydroxylation is 1. The topological polar surface area (TPSA) is 85.0 Å². The molecule has 0 N–H and O–H groups in total. The van der Waals surface area contributed by atoms with E-state index in [-0.39, 0.29) is 21.7 Å². The minimum absolute atomic E-state index is 0.00591. The lowest BCUT2D eigenvalue weighted by Gasteiger charge is -2.39. The van der Waals surface area contributed by atoms with Gasteiger partial charge >= 0.3 is 0 Å². The molecule has 1 heterocycles. The lowest BCUT2D eigenvalue weighted by atomic mass is 9.82. The van der Waals surface area contributed by atoms with E-state index >= 15 is 0 Å². The van der Waals surface area contributed by atoms with E-state index < -0.39 is 21.9 Å². The lowest BCUT2D eigenvalue weighted by Crippen LogP contribution is -2.38. The summed E-state index contributed by atoms with van der Waals surface area (Å²) in [6, 6.07) is 32.8. The van der Waals surface area contributed by atoms with E-state index in [1.165, 1.54) is 36.4 Å². The molecule has 1 atom stereocenters. The zero-order valence-electron chi connectivity index (χ0n) is 20.9. The van der Waals surface area contributed by atoms with Gasteiger partial charge < -0.3 is 0 Å². The molecule has 1 unspecified atom stereocenters. The molecule has 0 radical (unpaired) electrons. The van der Waals surface area contributed by atoms with Gasteiger partial charge in [-0.1, -0.05) is 78.4 Å². The number of rotatable bonds is 5. The van der Waals surface area contributed by atoms with Crippen LogP contribution in [0.5, 0.6) is 0 Å². The van der Waals surface area contributed by atoms with Gasteiger partial charge in [0.15, 0.2) is 0 Å². The van der Waals surface area contributed by atoms with Crippen molar-refractivity contribution >= 4 is 21.3 Å². The van der Waals surface area contributed by atoms with Crippen LogP contribution in [0.15, 0.2) is 125 Å². The van der Waals surface area contributed by atoms with Crippen LogP contribution in [0.4, 0.5) is 4.39 Å². The Hall–Kier alpha value is -4.98. The monoisotopic (exact) mass is 531 g/mol. The Morgan fingerprint density at radius 1 is 0.744 bits per heavy atom. The van der Waals surface area contributed by atoms with Gasteiger partial charge in [0.2, 0.25) is 0 Å². The Bertz CT molecular complexity index is 1780. The van der Waals surface area contributed by atoms with Crippen LogP contribution in [0.3, 0.4) is 0 Å². The molecular weight excluding hydrogens is 509 g/mol. The number of benzene rings is 4. The first-order chi connectivity index (χ1) is 18.9. The third kappa shape index (κ3) is 4.61. The van der Waals surface area contributed by atoms with Crippen molar-refractivity contribution < 1.29 is 12.8 Å². The Morgan fingerprint density at radius 3 is 1.90 bits per heavy atom. The maximum Gasteiger partial charge on any atom is 0.265 e. The summed E-state index contributed by atoms with van der Waals surface area (Å²) in [5, 5.41) is 21.1. The Kier molecular flexibility index (Phi) is 6.85. The number of nitriles is 2. The summed E-state index contributed by atoms with van der Waals surface area (Å²) < 4.78 is 44.1. The second kappa shape index (κ2) is 10.4. The van der Waals surface area contributed by atoms with Crippen molar-refractivity contribution in [2.24, 2.45) is 0 Å². The molecule has 4 aromatic carbocycles. The second-order valence-corrected chi connectivity index (χ2v) is 10.9. The highest BCUT2D eigenvalue weighted by Crippen LogP contribution is 2.50. The summed E-state index contributed by atoms with van der Waals surface area (Å²) in [5.41, 5.74) is 2.89. The molecule has 0 bridgehead atoms. The molecule has 0 spiro atoms. The average Bonchev–Trinajstić information content (AvgIpc) is 2.97. The van der Waals surface area contributed by atoms with E-state index in [9.17, 15) is 23.3 Å². The molecule has 0 aromatic heterocycles. The average molecular weight is 532 g/mol. The number of hydrogen-bond donors (Lipinski definition) is 0. The van der Waals surface area contributed by atoms with Gasteiger partial charge in [0.1, 0.15) is 17.9 Å². The SMILES string of the molecule is Cc1ccc(S(=O)(=O)N2C(c3ccc(F)cc3)=C(C#N)C(c3ccccc3)=C(C#N)C2c2ccccc2)cc1. The maximum absolute atomic E-state index is 14.5. The predicted molar refractivity (Wildman–Crippen MR) is 147 cm³/mol. The van der Waals surface area contributed by atoms with Crippen LogP contribution in [0.1, 0.15) is 28.3 Å². The van der Waals surface area contributed by atoms with Crippen LogP contribution in [0.25, 0.3) is 11.3 Å². The standard InChI is InChI=1S/C32H22FN3O2S/c1-22-12-18-27(19-13-22)39(37,38)36-31(24-10-6-3-7-11-24)28(20-34)30(23-8-4-2-5-9-23)29(21-35)32(36)25-14-16-26(33)17-15-25/h2-19,31H,1H3. The lowest BCUT2D eigenvalue weighted by molar-refractivity contribution is 0.461. The summed E-state index contributed by atoms with van der Waals surface area (Å²) in [6.45, 7) is 1.85. The van der Waals surface area contributed by atoms with Crippen molar-refractivity contribution in [3.05, 3.63) is 148 Å². The fourth-order valence-electron chi connectivity index (χ4n) is 4.78. The number of sulfonamides is 1. The third-order valence-electron chi connectivity index (χ3n) is 6.59. The van der Waals surface area contributed by atoms with Crippen LogP contribution in [-0.2, 0) is 10.0 Å². The van der Waals surface area contributed by atoms with Crippen molar-refractivity contribution in [2.45, 2.75) is 17.9 Å². The van der Waals surface area contributed by atoms with Crippen LogP contribution in [0.2, 0.25) is 0 Å². The largest absolute Gasteiger partial charge is 0.265 e. The van der Waals surface area contributed by atoms with Gasteiger partial charge in [0.25, 0.3) is 10.0 Å². The van der Waals surface area contributed by atoms with E-state index in [4.69, 9.17) is 0 Å². The van der Waals surface area contributed by atoms with E-state index in [0.29, 0.717) is 22.3 Å². The number of allylic oxidation sites excluding steroid dienone is 2. The van der Waals surface area contributed by atoms with Gasteiger partial charge in [-0.05, 0) is 54.4 Å². The molecule has 5 rings (SSSR count). The van der Waals surface area contributed by atoms with Gasteiger partial charge in [0.05, 0.1) is 27.8 Å². The fraction of sp³-hybridized carbons (Fsp3) is 0.0625. The molecule has 0 saturated heterocycles. The van der Waals surface area contributed by atoms with Gasteiger partial charge in [-0.25, -0.2) is 12.8 Å². The number of halogens is 1. The molecule has 1 aliphatic rings. The van der Waals surface area contributed by atoms with Crippen molar-refractivity contribution in [1.29, 1.82) is 10.5 Å². The number of hydrogen-bond acceptors (Lipinski definition) is 4. The van der Waals surface area contributed by atoms with Crippen molar-refractivity contribution in [3.8, 4) is 12.1 Å². The van der Waals surface area contributed by atoms with E-state index in [1.54, 1.807) is 66.7 Å². The van der Waals surface area contributed by atoms with Crippen LogP contribution < -0.4 is 0 Å². The van der Waals surface area contributed by atoms with Gasteiger partial charge in [-0.3, -0.25) is 4.31 Å². The summed E-state index contributed by atoms with van der Waals surface area (Å²) in [7, 11) is -4.33. The fourth-order valence-corrected chi connectivity index (χ4v) is 6.43. The molecule has 0 fully saturated rings. The highest BCUT2D eigenvalue weighted by atomic mass is 32.2. The van der Waals surface area contributed by atoms with Crippen molar-refractivity contribution in [2.75, 3.05) is 0 Å². The molecule has 0 aliphatic carbocycles. The summed E-state index contributed by atoms with van der Waals surface area (Å²) in [4.78, 5) is 0.00591. The highest BCUT2D eigenvalue weighted by Gasteiger charge is 2.44. The number of nitrogens with zero attached hydrogens (tertiary/aromatic N) is 3. The molecular formula is C32H22FN3O2S. The van der Waals surface area contributed by atoms with Crippen molar-refractivity contribution in [3.63, 3.8) is 0 Å². The third-order valence-corrected chi connectivity index (χ3v) is 8.37. The summed E-state index contributed by atoms with van der Waals surface area (Å²) in [6.07, 6.45) is 0. The first-order valence-electron chi connectivity index (χ1n) is 12.1. The molecule has 0 amide bonds. The smallest absolute Gasteiger partial charge is 0.252 e. The van der Waals surface area contributed by atoms with Crippen molar-refractivity contribution in [1.82, 2.24) is 4.31 Å². The summed E-state index contributed by atoms with van der Waals surface area (Å²) >= 11 is 0. The second-order valence-electron chi connectivity index (χ2n) is 9.04. The Balaban J connectivity index is 1.94. The predicted octanol–water partition coefficient (Wildman–Crippen LogP) is 6.79. The van der Waals surface area contributed by atoms with E-state index in [2.05, 4.69) is 12.1 Å². The normalized spacial score (nSPS) is 15.6. The quantitative estimate of drug-likeness (QED) is 0.284. The van der Waals surface area contributed by atoms with Gasteiger partial charge in [0, 0.05) is 11.1 Å². The van der Waals surface area contributed by atoms with Crippen LogP contribution in [-0.4, -0.2) is 12.7 Å². The minimum atomic E-state index is -4.33. The molecule has 4 aromatic rings. The Morgan fingerprint density at radius 2 is 1.33 bits per heavy atom. The first-order valence-corrected chi connectivity index (χ1v) is 13.6. The molecule has 39 heavy (non-hydrogen) atoms. The maximum atomic E-state index is 14.5. The van der Waals surface area contributed by atoms with Crippen LogP contribution in [0, 0.1) is 35.4 Å². The van der Waals surface area contributed by atoms with Gasteiger partial charge in [-0.2, -0.15) is 10.5 Å². The first kappa shape index (κ1) is 25.7. The Labute approximate surface area is 227 Å². The van der Waals surface area contributed by atoms with E-state index in [1.807, 2.05) is 13.0 Å². The molecule has 1 aliphatic heterocycles. The van der Waals surface area contributed by atoms with Crippen LogP contribution >= 0.6 is 0 Å². The van der Waals surface area contributed by atoms with Gasteiger partial charge in [-0.15, -0.1) is 0 Å². The summed E-state index contributed by atoms with van der Waals surface area (Å²) in [5.74, 6) is -0.502. The molecule has 5 nitrogen and oxygen atoms in total. The highest BCUT2D eigenvalue weighted by molar-refractivity contribution is 7.89. The minimum Gasteiger partial charge on any atom is -0.252 e. The molecule has 0 saturated carbocycles. The molecule has 190 valence electrons.